The molecule has 0 aliphatic carbocycles. The first kappa shape index (κ1) is 17.5. The number of carbonyl (C=O) groups excluding carboxylic acids is 2. The fraction of sp³-hybridized carbons (Fsp3) is 0.211. The summed E-state index contributed by atoms with van der Waals surface area (Å²) >= 11 is 0. The van der Waals surface area contributed by atoms with Crippen LogP contribution in [0.4, 0.5) is 11.4 Å². The molecule has 1 fully saturated rings. The van der Waals surface area contributed by atoms with Crippen molar-refractivity contribution in [2.75, 3.05) is 10.2 Å². The van der Waals surface area contributed by atoms with Crippen LogP contribution in [-0.2, 0) is 20.8 Å². The van der Waals surface area contributed by atoms with Crippen LogP contribution in [0.25, 0.3) is 0 Å². The van der Waals surface area contributed by atoms with Crippen LogP contribution in [0.3, 0.4) is 0 Å². The Morgan fingerprint density at radius 3 is 2.50 bits per heavy atom. The van der Waals surface area contributed by atoms with E-state index in [0.717, 1.165) is 10.5 Å². The monoisotopic (exact) mass is 354 g/mol. The molecule has 0 saturated carbocycles. The van der Waals surface area contributed by atoms with Crippen LogP contribution < -0.4 is 10.2 Å². The number of hydrogen-bond acceptors (Lipinski definition) is 5. The number of anilines is 2. The molecule has 1 saturated heterocycles. The molecule has 1 aliphatic rings. The number of carboxylic acid groups (broad SMARTS) is 1. The van der Waals surface area contributed by atoms with Gasteiger partial charge in [-0.15, -0.1) is 0 Å². The third-order valence-electron chi connectivity index (χ3n) is 4.24. The smallest absolute Gasteiger partial charge is 0.307 e. The summed E-state index contributed by atoms with van der Waals surface area (Å²) in [7, 11) is 0. The zero-order valence-corrected chi connectivity index (χ0v) is 14.1. The number of carbonyl (C=O) groups is 3. The van der Waals surface area contributed by atoms with Gasteiger partial charge in [-0.1, -0.05) is 12.1 Å². The SMILES string of the molecule is Cc1cc(O)ccc1NC1CC(=O)N(c2ccc(CC(=O)O)cc2)C1=O. The third-order valence-corrected chi connectivity index (χ3v) is 4.24. The third kappa shape index (κ3) is 3.51. The predicted octanol–water partition coefficient (Wildman–Crippen LogP) is 2.07. The minimum absolute atomic E-state index is 0.0238. The number of benzene rings is 2. The zero-order valence-electron chi connectivity index (χ0n) is 14.1. The van der Waals surface area contributed by atoms with Gasteiger partial charge < -0.3 is 15.5 Å². The highest BCUT2D eigenvalue weighted by atomic mass is 16.4. The van der Waals surface area contributed by atoms with Gasteiger partial charge in [-0.05, 0) is 48.4 Å². The maximum atomic E-state index is 12.7. The molecule has 3 N–H and O–H groups in total. The van der Waals surface area contributed by atoms with Crippen molar-refractivity contribution < 1.29 is 24.6 Å². The maximum absolute atomic E-state index is 12.7. The van der Waals surface area contributed by atoms with Crippen LogP contribution in [0.2, 0.25) is 0 Å². The summed E-state index contributed by atoms with van der Waals surface area (Å²) in [6.07, 6.45) is -0.0947. The summed E-state index contributed by atoms with van der Waals surface area (Å²) in [6.45, 7) is 1.79. The molecule has 2 amide bonds. The lowest BCUT2D eigenvalue weighted by atomic mass is 10.1. The van der Waals surface area contributed by atoms with Gasteiger partial charge in [0.05, 0.1) is 18.5 Å². The number of nitrogens with zero attached hydrogens (tertiary/aromatic N) is 1. The summed E-state index contributed by atoms with van der Waals surface area (Å²) < 4.78 is 0. The molecule has 1 heterocycles. The first-order valence-electron chi connectivity index (χ1n) is 8.09. The highest BCUT2D eigenvalue weighted by Crippen LogP contribution is 2.27. The molecular formula is C19H18N2O5. The second-order valence-electron chi connectivity index (χ2n) is 6.20. The second-order valence-corrected chi connectivity index (χ2v) is 6.20. The molecule has 0 spiro atoms. The average molecular weight is 354 g/mol. The number of rotatable bonds is 5. The summed E-state index contributed by atoms with van der Waals surface area (Å²) in [5.74, 6) is -1.51. The topological polar surface area (TPSA) is 107 Å². The number of aromatic hydroxyl groups is 1. The van der Waals surface area contributed by atoms with Crippen LogP contribution >= 0.6 is 0 Å². The summed E-state index contributed by atoms with van der Waals surface area (Å²) in [5, 5.41) is 21.3. The van der Waals surface area contributed by atoms with Gasteiger partial charge in [0.15, 0.2) is 0 Å². The molecule has 134 valence electrons. The van der Waals surface area contributed by atoms with Crippen LogP contribution in [0.1, 0.15) is 17.5 Å². The summed E-state index contributed by atoms with van der Waals surface area (Å²) in [6, 6.07) is 10.4. The predicted molar refractivity (Wildman–Crippen MR) is 95.1 cm³/mol. The summed E-state index contributed by atoms with van der Waals surface area (Å²) in [4.78, 5) is 36.8. The van der Waals surface area contributed by atoms with Crippen LogP contribution in [0.15, 0.2) is 42.5 Å². The van der Waals surface area contributed by atoms with Gasteiger partial charge in [-0.25, -0.2) is 4.90 Å². The molecule has 0 aromatic heterocycles. The number of amides is 2. The number of aliphatic carboxylic acids is 1. The van der Waals surface area contributed by atoms with E-state index in [1.165, 1.54) is 6.07 Å². The van der Waals surface area contributed by atoms with Crippen molar-refractivity contribution in [2.45, 2.75) is 25.8 Å². The Morgan fingerprint density at radius 2 is 1.88 bits per heavy atom. The summed E-state index contributed by atoms with van der Waals surface area (Å²) in [5.41, 5.74) is 2.45. The Hall–Kier alpha value is -3.35. The van der Waals surface area contributed by atoms with E-state index in [-0.39, 0.29) is 30.4 Å². The van der Waals surface area contributed by atoms with Crippen molar-refractivity contribution in [3.63, 3.8) is 0 Å². The van der Waals surface area contributed by atoms with Gasteiger partial charge in [0.2, 0.25) is 5.91 Å². The number of phenols is 1. The number of carboxylic acids is 1. The van der Waals surface area contributed by atoms with Crippen molar-refractivity contribution >= 4 is 29.2 Å². The van der Waals surface area contributed by atoms with Crippen LogP contribution in [0, 0.1) is 6.92 Å². The van der Waals surface area contributed by atoms with Crippen molar-refractivity contribution in [3.8, 4) is 5.75 Å². The van der Waals surface area contributed by atoms with Gasteiger partial charge in [0.1, 0.15) is 11.8 Å². The highest BCUT2D eigenvalue weighted by molar-refractivity contribution is 6.23. The molecular weight excluding hydrogens is 336 g/mol. The van der Waals surface area contributed by atoms with E-state index in [9.17, 15) is 19.5 Å². The number of nitrogens with one attached hydrogen (secondary N) is 1. The van der Waals surface area contributed by atoms with Gasteiger partial charge >= 0.3 is 5.97 Å². The van der Waals surface area contributed by atoms with Gasteiger partial charge in [0, 0.05) is 5.69 Å². The minimum atomic E-state index is -0.945. The molecule has 2 aromatic rings. The molecule has 1 unspecified atom stereocenters. The number of imide groups is 1. The standard InChI is InChI=1S/C19H18N2O5/c1-11-8-14(22)6-7-15(11)20-16-10-17(23)21(19(16)26)13-4-2-12(3-5-13)9-18(24)25/h2-8,16,20,22H,9-10H2,1H3,(H,24,25). The van der Waals surface area contributed by atoms with E-state index in [4.69, 9.17) is 5.11 Å². The Morgan fingerprint density at radius 1 is 1.19 bits per heavy atom. The lowest BCUT2D eigenvalue weighted by molar-refractivity contribution is -0.136. The number of phenolic OH excluding ortho intramolecular Hbond substituents is 1. The highest BCUT2D eigenvalue weighted by Gasteiger charge is 2.39. The van der Waals surface area contributed by atoms with Crippen LogP contribution in [-0.4, -0.2) is 34.0 Å². The molecule has 3 rings (SSSR count). The van der Waals surface area contributed by atoms with Crippen LogP contribution in [0.5, 0.6) is 5.75 Å². The lowest BCUT2D eigenvalue weighted by Gasteiger charge is -2.17. The molecule has 1 atom stereocenters. The van der Waals surface area contributed by atoms with E-state index in [1.54, 1.807) is 43.3 Å². The average Bonchev–Trinajstić information content (AvgIpc) is 2.84. The van der Waals surface area contributed by atoms with Crippen molar-refractivity contribution in [2.24, 2.45) is 0 Å². The van der Waals surface area contributed by atoms with E-state index >= 15 is 0 Å². The van der Waals surface area contributed by atoms with Crippen molar-refractivity contribution in [1.29, 1.82) is 0 Å². The Bertz CT molecular complexity index is 876. The fourth-order valence-electron chi connectivity index (χ4n) is 2.95. The first-order chi connectivity index (χ1) is 12.3. The van der Waals surface area contributed by atoms with Crippen molar-refractivity contribution in [1.82, 2.24) is 0 Å². The lowest BCUT2D eigenvalue weighted by Crippen LogP contribution is -2.34. The minimum Gasteiger partial charge on any atom is -0.508 e. The van der Waals surface area contributed by atoms with E-state index in [2.05, 4.69) is 5.32 Å². The largest absolute Gasteiger partial charge is 0.508 e. The van der Waals surface area contributed by atoms with E-state index < -0.39 is 12.0 Å². The van der Waals surface area contributed by atoms with Gasteiger partial charge in [-0.2, -0.15) is 0 Å². The molecule has 1 aliphatic heterocycles. The number of aryl methyl sites for hydroxylation is 1. The van der Waals surface area contributed by atoms with Gasteiger partial charge in [0.25, 0.3) is 5.91 Å². The van der Waals surface area contributed by atoms with Gasteiger partial charge in [-0.3, -0.25) is 14.4 Å². The molecule has 26 heavy (non-hydrogen) atoms. The van der Waals surface area contributed by atoms with E-state index in [1.807, 2.05) is 0 Å². The molecule has 0 radical (unpaired) electrons. The molecule has 0 bridgehead atoms. The zero-order chi connectivity index (χ0) is 18.8. The maximum Gasteiger partial charge on any atom is 0.307 e. The molecule has 2 aromatic carbocycles. The second kappa shape index (κ2) is 6.87. The number of hydrogen-bond donors (Lipinski definition) is 3. The Kier molecular flexibility index (Phi) is 4.62. The normalized spacial score (nSPS) is 16.8. The van der Waals surface area contributed by atoms with E-state index in [0.29, 0.717) is 16.9 Å². The Labute approximate surface area is 149 Å². The Balaban J connectivity index is 1.77. The molecule has 7 heteroatoms. The molecule has 7 nitrogen and oxygen atoms in total. The first-order valence-corrected chi connectivity index (χ1v) is 8.09. The fourth-order valence-corrected chi connectivity index (χ4v) is 2.95. The quantitative estimate of drug-likeness (QED) is 0.560. The van der Waals surface area contributed by atoms with Crippen molar-refractivity contribution in [3.05, 3.63) is 53.6 Å².